The van der Waals surface area contributed by atoms with Crippen molar-refractivity contribution in [1.29, 1.82) is 0 Å². The molecule has 0 spiro atoms. The van der Waals surface area contributed by atoms with Crippen LogP contribution in [0.1, 0.15) is 16.3 Å². The van der Waals surface area contributed by atoms with E-state index in [1.54, 1.807) is 55.6 Å². The Morgan fingerprint density at radius 2 is 1.80 bits per heavy atom. The highest BCUT2D eigenvalue weighted by atomic mass is 16.5. The van der Waals surface area contributed by atoms with Crippen molar-refractivity contribution in [2.75, 3.05) is 11.9 Å². The largest absolute Gasteiger partial charge is 0.455 e. The number of nitrogens with one attached hydrogen (secondary N) is 1. The summed E-state index contributed by atoms with van der Waals surface area (Å²) in [6.45, 7) is 1.31. The molecule has 30 heavy (non-hydrogen) atoms. The second-order valence-corrected chi connectivity index (χ2v) is 6.27. The summed E-state index contributed by atoms with van der Waals surface area (Å²) in [6.07, 6.45) is 1.57. The minimum atomic E-state index is -0.816. The second-order valence-electron chi connectivity index (χ2n) is 6.27. The summed E-state index contributed by atoms with van der Waals surface area (Å²) in [5, 5.41) is 6.73. The van der Waals surface area contributed by atoms with Crippen molar-refractivity contribution in [3.63, 3.8) is 0 Å². The number of hydrogen-bond acceptors (Lipinski definition) is 7. The molecule has 9 heteroatoms. The minimum Gasteiger partial charge on any atom is -0.455 e. The molecule has 0 fully saturated rings. The average Bonchev–Trinajstić information content (AvgIpc) is 3.20. The summed E-state index contributed by atoms with van der Waals surface area (Å²) >= 11 is 0. The molecule has 0 saturated carbocycles. The van der Waals surface area contributed by atoms with Gasteiger partial charge in [-0.25, -0.2) is 14.3 Å². The quantitative estimate of drug-likeness (QED) is 0.493. The van der Waals surface area contributed by atoms with E-state index in [1.165, 1.54) is 4.52 Å². The highest BCUT2D eigenvalue weighted by Gasteiger charge is 2.18. The first kappa shape index (κ1) is 19.1. The van der Waals surface area contributed by atoms with E-state index >= 15 is 0 Å². The number of ether oxygens (including phenoxy) is 2. The first-order valence-corrected chi connectivity index (χ1v) is 9.07. The molecule has 1 amide bonds. The van der Waals surface area contributed by atoms with Crippen molar-refractivity contribution >= 4 is 23.3 Å². The van der Waals surface area contributed by atoms with Crippen LogP contribution in [0.15, 0.2) is 66.9 Å². The number of esters is 1. The van der Waals surface area contributed by atoms with E-state index in [-0.39, 0.29) is 11.6 Å². The van der Waals surface area contributed by atoms with Gasteiger partial charge in [0.2, 0.25) is 0 Å². The van der Waals surface area contributed by atoms with Crippen LogP contribution in [0.25, 0.3) is 5.78 Å². The Morgan fingerprint density at radius 3 is 2.60 bits per heavy atom. The molecule has 1 N–H and O–H groups in total. The molecule has 0 saturated heterocycles. The number of para-hydroxylation sites is 3. The van der Waals surface area contributed by atoms with E-state index in [4.69, 9.17) is 9.47 Å². The molecular formula is C21H17N5O4. The molecule has 0 atom stereocenters. The summed E-state index contributed by atoms with van der Waals surface area (Å²) in [4.78, 5) is 32.5. The molecule has 0 aliphatic rings. The van der Waals surface area contributed by atoms with Crippen molar-refractivity contribution in [3.05, 3.63) is 78.4 Å². The Labute approximate surface area is 171 Å². The standard InChI is InChI=1S/C21H17N5O4/c1-14-11-12-22-21-24-19(25-26(14)21)20(28)29-13-18(27)23-16-9-5-6-10-17(16)30-15-7-3-2-4-8-15/h2-12H,13H2,1H3,(H,23,27). The molecule has 150 valence electrons. The first-order valence-electron chi connectivity index (χ1n) is 9.07. The normalized spacial score (nSPS) is 10.6. The van der Waals surface area contributed by atoms with E-state index in [0.29, 0.717) is 17.2 Å². The number of rotatable bonds is 6. The maximum atomic E-state index is 12.3. The van der Waals surface area contributed by atoms with Gasteiger partial charge >= 0.3 is 5.97 Å². The van der Waals surface area contributed by atoms with Crippen molar-refractivity contribution in [2.45, 2.75) is 6.92 Å². The Kier molecular flexibility index (Phi) is 5.33. The van der Waals surface area contributed by atoms with Gasteiger partial charge < -0.3 is 14.8 Å². The topological polar surface area (TPSA) is 108 Å². The monoisotopic (exact) mass is 403 g/mol. The van der Waals surface area contributed by atoms with Crippen LogP contribution in [-0.4, -0.2) is 38.1 Å². The van der Waals surface area contributed by atoms with E-state index in [9.17, 15) is 9.59 Å². The zero-order valence-electron chi connectivity index (χ0n) is 16.0. The van der Waals surface area contributed by atoms with Gasteiger partial charge in [-0.1, -0.05) is 30.3 Å². The predicted octanol–water partition coefficient (Wildman–Crippen LogP) is 3.02. The second kappa shape index (κ2) is 8.39. The highest BCUT2D eigenvalue weighted by Crippen LogP contribution is 2.28. The van der Waals surface area contributed by atoms with Crippen LogP contribution in [-0.2, 0) is 9.53 Å². The van der Waals surface area contributed by atoms with Crippen molar-refractivity contribution in [1.82, 2.24) is 19.6 Å². The van der Waals surface area contributed by atoms with Gasteiger partial charge in [-0.2, -0.15) is 4.98 Å². The number of aryl methyl sites for hydroxylation is 1. The van der Waals surface area contributed by atoms with Gasteiger partial charge in [-0.05, 0) is 37.3 Å². The van der Waals surface area contributed by atoms with Crippen molar-refractivity contribution in [3.8, 4) is 11.5 Å². The predicted molar refractivity (Wildman–Crippen MR) is 107 cm³/mol. The molecule has 9 nitrogen and oxygen atoms in total. The van der Waals surface area contributed by atoms with Crippen molar-refractivity contribution < 1.29 is 19.1 Å². The lowest BCUT2D eigenvalue weighted by molar-refractivity contribution is -0.119. The summed E-state index contributed by atoms with van der Waals surface area (Å²) in [7, 11) is 0. The van der Waals surface area contributed by atoms with E-state index in [1.807, 2.05) is 18.2 Å². The smallest absolute Gasteiger partial charge is 0.378 e. The minimum absolute atomic E-state index is 0.169. The maximum absolute atomic E-state index is 12.3. The SMILES string of the molecule is Cc1ccnc2nc(C(=O)OCC(=O)Nc3ccccc3Oc3ccccc3)nn12. The Bertz CT molecular complexity index is 1210. The molecule has 0 radical (unpaired) electrons. The maximum Gasteiger partial charge on any atom is 0.378 e. The van der Waals surface area contributed by atoms with Gasteiger partial charge in [0.25, 0.3) is 17.5 Å². The molecule has 0 aliphatic carbocycles. The van der Waals surface area contributed by atoms with E-state index < -0.39 is 18.5 Å². The van der Waals surface area contributed by atoms with Crippen LogP contribution in [0, 0.1) is 6.92 Å². The molecule has 2 aromatic carbocycles. The molecule has 0 unspecified atom stereocenters. The van der Waals surface area contributed by atoms with Gasteiger partial charge in [0.15, 0.2) is 12.4 Å². The van der Waals surface area contributed by atoms with Crippen LogP contribution in [0.2, 0.25) is 0 Å². The third kappa shape index (κ3) is 4.25. The Hall–Kier alpha value is -4.27. The fraction of sp³-hybridized carbons (Fsp3) is 0.0952. The average molecular weight is 403 g/mol. The van der Waals surface area contributed by atoms with Crippen LogP contribution < -0.4 is 10.1 Å². The fourth-order valence-electron chi connectivity index (χ4n) is 2.65. The molecule has 0 aliphatic heterocycles. The highest BCUT2D eigenvalue weighted by molar-refractivity contribution is 5.95. The zero-order valence-corrected chi connectivity index (χ0v) is 16.0. The molecule has 4 aromatic rings. The van der Waals surface area contributed by atoms with Crippen molar-refractivity contribution in [2.24, 2.45) is 0 Å². The third-order valence-electron chi connectivity index (χ3n) is 4.08. The van der Waals surface area contributed by atoms with Crippen LogP contribution >= 0.6 is 0 Å². The lowest BCUT2D eigenvalue weighted by atomic mass is 10.3. The van der Waals surface area contributed by atoms with Crippen LogP contribution in [0.3, 0.4) is 0 Å². The summed E-state index contributed by atoms with van der Waals surface area (Å²) in [6, 6.07) is 17.9. The number of hydrogen-bond donors (Lipinski definition) is 1. The number of aromatic nitrogens is 4. The van der Waals surface area contributed by atoms with Gasteiger partial charge in [-0.15, -0.1) is 5.10 Å². The molecular weight excluding hydrogens is 386 g/mol. The number of amides is 1. The number of fused-ring (bicyclic) bond motifs is 1. The Morgan fingerprint density at radius 1 is 1.03 bits per heavy atom. The summed E-state index contributed by atoms with van der Waals surface area (Å²) < 4.78 is 12.3. The third-order valence-corrected chi connectivity index (χ3v) is 4.08. The summed E-state index contributed by atoms with van der Waals surface area (Å²) in [5.74, 6) is -0.135. The van der Waals surface area contributed by atoms with E-state index in [0.717, 1.165) is 5.69 Å². The molecule has 2 heterocycles. The number of carbonyl (C=O) groups is 2. The number of anilines is 1. The molecule has 2 aromatic heterocycles. The summed E-state index contributed by atoms with van der Waals surface area (Å²) in [5.41, 5.74) is 1.22. The molecule has 4 rings (SSSR count). The van der Waals surface area contributed by atoms with E-state index in [2.05, 4.69) is 20.4 Å². The first-order chi connectivity index (χ1) is 14.6. The fourth-order valence-corrected chi connectivity index (χ4v) is 2.65. The zero-order chi connectivity index (χ0) is 20.9. The lowest BCUT2D eigenvalue weighted by Gasteiger charge is -2.12. The lowest BCUT2D eigenvalue weighted by Crippen LogP contribution is -2.21. The van der Waals surface area contributed by atoms with Crippen LogP contribution in [0.4, 0.5) is 5.69 Å². The van der Waals surface area contributed by atoms with Gasteiger partial charge in [0.1, 0.15) is 5.75 Å². The van der Waals surface area contributed by atoms with Gasteiger partial charge in [-0.3, -0.25) is 4.79 Å². The number of carbonyl (C=O) groups excluding carboxylic acids is 2. The van der Waals surface area contributed by atoms with Gasteiger partial charge in [0, 0.05) is 11.9 Å². The van der Waals surface area contributed by atoms with Gasteiger partial charge in [0.05, 0.1) is 5.69 Å². The van der Waals surface area contributed by atoms with Crippen LogP contribution in [0.5, 0.6) is 11.5 Å². The number of benzene rings is 2. The Balaban J connectivity index is 1.39. The number of nitrogens with zero attached hydrogens (tertiary/aromatic N) is 4. The molecule has 0 bridgehead atoms.